The Morgan fingerprint density at radius 3 is 2.71 bits per heavy atom. The third kappa shape index (κ3) is 4.56. The number of fused-ring (bicyclic) bond motifs is 2. The third-order valence-corrected chi connectivity index (χ3v) is 7.91. The topological polar surface area (TPSA) is 112 Å². The lowest BCUT2D eigenvalue weighted by Gasteiger charge is -2.23. The molecule has 2 aliphatic rings. The van der Waals surface area contributed by atoms with Crippen LogP contribution in [0.2, 0.25) is 5.02 Å². The molecular formula is C28H28ClN7O2. The number of rotatable bonds is 7. The second-order valence-electron chi connectivity index (χ2n) is 9.92. The fraction of sp³-hybridized carbons (Fsp3) is 0.357. The van der Waals surface area contributed by atoms with E-state index in [1.165, 1.54) is 0 Å². The van der Waals surface area contributed by atoms with E-state index >= 15 is 0 Å². The molecule has 5 heterocycles. The monoisotopic (exact) mass is 529 g/mol. The van der Waals surface area contributed by atoms with Gasteiger partial charge in [-0.3, -0.25) is 10.3 Å². The summed E-state index contributed by atoms with van der Waals surface area (Å²) in [5.41, 5.74) is 3.50. The highest BCUT2D eigenvalue weighted by Crippen LogP contribution is 2.40. The van der Waals surface area contributed by atoms with Crippen molar-refractivity contribution in [1.82, 2.24) is 24.9 Å². The van der Waals surface area contributed by atoms with Crippen molar-refractivity contribution < 1.29 is 9.84 Å². The van der Waals surface area contributed by atoms with Gasteiger partial charge in [0.05, 0.1) is 35.1 Å². The Balaban J connectivity index is 1.15. The van der Waals surface area contributed by atoms with Gasteiger partial charge in [0, 0.05) is 42.7 Å². The van der Waals surface area contributed by atoms with Gasteiger partial charge in [0.15, 0.2) is 0 Å². The summed E-state index contributed by atoms with van der Waals surface area (Å²) in [4.78, 5) is 11.4. The zero-order valence-corrected chi connectivity index (χ0v) is 21.7. The fourth-order valence-electron chi connectivity index (χ4n) is 5.90. The van der Waals surface area contributed by atoms with Crippen molar-refractivity contribution in [2.24, 2.45) is 11.8 Å². The van der Waals surface area contributed by atoms with Gasteiger partial charge in [-0.1, -0.05) is 11.6 Å². The Kier molecular flexibility index (Phi) is 6.62. The molecule has 4 atom stereocenters. The number of halogens is 1. The molecular weight excluding hydrogens is 502 g/mol. The zero-order chi connectivity index (χ0) is 26.2. The molecule has 4 aromatic rings. The van der Waals surface area contributed by atoms with Gasteiger partial charge in [-0.25, -0.2) is 9.50 Å². The number of nitrogens with zero attached hydrogens (tertiary/aromatic N) is 6. The maximum Gasteiger partial charge on any atom is 0.149 e. The van der Waals surface area contributed by atoms with Gasteiger partial charge in [0.2, 0.25) is 0 Å². The lowest BCUT2D eigenvalue weighted by molar-refractivity contribution is 0.118. The number of anilines is 1. The van der Waals surface area contributed by atoms with E-state index in [-0.39, 0.29) is 6.04 Å². The first-order chi connectivity index (χ1) is 18.5. The van der Waals surface area contributed by atoms with Gasteiger partial charge in [-0.05, 0) is 61.9 Å². The maximum atomic E-state index is 10.6. The molecule has 9 nitrogen and oxygen atoms in total. The van der Waals surface area contributed by atoms with Gasteiger partial charge < -0.3 is 14.7 Å². The van der Waals surface area contributed by atoms with Gasteiger partial charge in [0.25, 0.3) is 0 Å². The van der Waals surface area contributed by atoms with Gasteiger partial charge in [0.1, 0.15) is 29.6 Å². The molecule has 0 radical (unpaired) electrons. The molecule has 1 saturated heterocycles. The van der Waals surface area contributed by atoms with E-state index in [0.29, 0.717) is 40.5 Å². The molecule has 0 spiro atoms. The largest absolute Gasteiger partial charge is 0.492 e. The minimum absolute atomic E-state index is 0.223. The quantitative estimate of drug-likeness (QED) is 0.342. The van der Waals surface area contributed by atoms with Gasteiger partial charge in [-0.2, -0.15) is 10.4 Å². The number of nitriles is 1. The molecule has 194 valence electrons. The van der Waals surface area contributed by atoms with Crippen molar-refractivity contribution in [1.29, 1.82) is 5.26 Å². The van der Waals surface area contributed by atoms with Crippen molar-refractivity contribution >= 4 is 22.9 Å². The molecule has 10 heteroatoms. The number of aliphatic hydroxyl groups excluding tert-OH is 1. The predicted octanol–water partition coefficient (Wildman–Crippen LogP) is 4.21. The lowest BCUT2D eigenvalue weighted by atomic mass is 10.0. The molecule has 38 heavy (non-hydrogen) atoms. The summed E-state index contributed by atoms with van der Waals surface area (Å²) in [6.45, 7) is 4.34. The van der Waals surface area contributed by atoms with E-state index in [4.69, 9.17) is 21.3 Å². The second kappa shape index (κ2) is 10.2. The molecule has 0 bridgehead atoms. The first-order valence-corrected chi connectivity index (χ1v) is 13.2. The Morgan fingerprint density at radius 1 is 1.21 bits per heavy atom. The highest BCUT2D eigenvalue weighted by atomic mass is 35.5. The van der Waals surface area contributed by atoms with Crippen LogP contribution in [-0.2, 0) is 0 Å². The summed E-state index contributed by atoms with van der Waals surface area (Å²) in [6, 6.07) is 12.0. The Bertz CT molecular complexity index is 1490. The van der Waals surface area contributed by atoms with E-state index in [9.17, 15) is 10.4 Å². The minimum atomic E-state index is -0.872. The molecule has 2 N–H and O–H groups in total. The third-order valence-electron chi connectivity index (χ3n) is 7.59. The van der Waals surface area contributed by atoms with Crippen molar-refractivity contribution in [3.05, 3.63) is 71.4 Å². The summed E-state index contributed by atoms with van der Waals surface area (Å²) in [6.07, 6.45) is 7.97. The Labute approximate surface area is 225 Å². The van der Waals surface area contributed by atoms with E-state index < -0.39 is 6.23 Å². The van der Waals surface area contributed by atoms with Crippen molar-refractivity contribution in [2.45, 2.75) is 32.0 Å². The number of hydrogen-bond donors (Lipinski definition) is 2. The maximum absolute atomic E-state index is 10.6. The molecule has 1 saturated carbocycles. The molecule has 0 amide bonds. The van der Waals surface area contributed by atoms with E-state index in [1.54, 1.807) is 35.2 Å². The van der Waals surface area contributed by atoms with E-state index in [2.05, 4.69) is 26.4 Å². The molecule has 1 aliphatic heterocycles. The summed E-state index contributed by atoms with van der Waals surface area (Å²) in [5.74, 6) is 2.71. The number of ether oxygens (including phenoxy) is 1. The molecule has 0 aromatic carbocycles. The van der Waals surface area contributed by atoms with Crippen LogP contribution < -0.4 is 15.0 Å². The van der Waals surface area contributed by atoms with Crippen LogP contribution in [0, 0.1) is 23.2 Å². The van der Waals surface area contributed by atoms with Gasteiger partial charge in [-0.15, -0.1) is 0 Å². The number of pyridine rings is 3. The minimum Gasteiger partial charge on any atom is -0.492 e. The van der Waals surface area contributed by atoms with Crippen LogP contribution in [0.15, 0.2) is 55.1 Å². The predicted molar refractivity (Wildman–Crippen MR) is 144 cm³/mol. The lowest BCUT2D eigenvalue weighted by Crippen LogP contribution is -2.33. The summed E-state index contributed by atoms with van der Waals surface area (Å²) in [7, 11) is 0. The highest BCUT2D eigenvalue weighted by Gasteiger charge is 2.41. The first kappa shape index (κ1) is 24.6. The standard InChI is InChI=1S/C28H28ClN7O2/c1-2-38-22-10-23(27-20(11-30)13-33-36(27)16-22)17-5-6-25(32-12-17)35-14-18-8-21(9-19(18)15-35)34-28(37)26-24(29)4-3-7-31-26/h3-7,10,12-13,16,18-19,21,28,34,37H,2,8-9,14-15H2,1H3/t18-,19+,21?,28?. The van der Waals surface area contributed by atoms with Crippen molar-refractivity contribution in [3.63, 3.8) is 0 Å². The van der Waals surface area contributed by atoms with Crippen LogP contribution >= 0.6 is 11.6 Å². The van der Waals surface area contributed by atoms with Crippen molar-refractivity contribution in [3.8, 4) is 22.9 Å². The summed E-state index contributed by atoms with van der Waals surface area (Å²) in [5, 5.41) is 28.3. The summed E-state index contributed by atoms with van der Waals surface area (Å²) >= 11 is 6.20. The molecule has 1 aliphatic carbocycles. The zero-order valence-electron chi connectivity index (χ0n) is 21.0. The van der Waals surface area contributed by atoms with Crippen molar-refractivity contribution in [2.75, 3.05) is 24.6 Å². The number of aromatic nitrogens is 4. The van der Waals surface area contributed by atoms with Crippen LogP contribution in [0.25, 0.3) is 16.6 Å². The normalized spacial score (nSPS) is 21.4. The average molecular weight is 530 g/mol. The molecule has 4 aromatic heterocycles. The van der Waals surface area contributed by atoms with Crippen LogP contribution in [-0.4, -0.2) is 50.4 Å². The number of nitrogens with one attached hydrogen (secondary N) is 1. The Morgan fingerprint density at radius 2 is 2.03 bits per heavy atom. The average Bonchev–Trinajstić information content (AvgIpc) is 3.62. The first-order valence-electron chi connectivity index (χ1n) is 12.8. The highest BCUT2D eigenvalue weighted by molar-refractivity contribution is 6.31. The number of aliphatic hydroxyl groups is 1. The fourth-order valence-corrected chi connectivity index (χ4v) is 6.13. The van der Waals surface area contributed by atoms with Crippen LogP contribution in [0.5, 0.6) is 5.75 Å². The van der Waals surface area contributed by atoms with Gasteiger partial charge >= 0.3 is 0 Å². The van der Waals surface area contributed by atoms with Crippen LogP contribution in [0.3, 0.4) is 0 Å². The van der Waals surface area contributed by atoms with E-state index in [1.807, 2.05) is 31.3 Å². The molecule has 6 rings (SSSR count). The molecule has 2 unspecified atom stereocenters. The van der Waals surface area contributed by atoms with E-state index in [0.717, 1.165) is 48.4 Å². The Hall–Kier alpha value is -3.71. The number of hydrogen-bond acceptors (Lipinski definition) is 8. The second-order valence-corrected chi connectivity index (χ2v) is 10.3. The van der Waals surface area contributed by atoms with Crippen LogP contribution in [0.4, 0.5) is 5.82 Å². The SMILES string of the molecule is CCOc1cc(-c2ccc(N3C[C@H]4CC(NC(O)c5ncccc5Cl)C[C@H]4C3)nc2)c2c(C#N)cnn2c1. The van der Waals surface area contributed by atoms with Crippen LogP contribution in [0.1, 0.15) is 37.3 Å². The smallest absolute Gasteiger partial charge is 0.149 e. The summed E-state index contributed by atoms with van der Waals surface area (Å²) < 4.78 is 7.42. The molecule has 2 fully saturated rings.